The lowest BCUT2D eigenvalue weighted by atomic mass is 10.2. The first-order valence-electron chi connectivity index (χ1n) is 8.01. The first-order valence-corrected chi connectivity index (χ1v) is 9.87. The van der Waals surface area contributed by atoms with Gasteiger partial charge in [0.25, 0.3) is 0 Å². The topological polar surface area (TPSA) is 48.7 Å². The van der Waals surface area contributed by atoms with E-state index in [1.54, 1.807) is 37.3 Å². The van der Waals surface area contributed by atoms with Gasteiger partial charge in [0.15, 0.2) is 16.7 Å². The molecule has 0 aliphatic carbocycles. The highest BCUT2D eigenvalue weighted by molar-refractivity contribution is 7.98. The van der Waals surface area contributed by atoms with Crippen LogP contribution in [0.3, 0.4) is 0 Å². The number of para-hydroxylation sites is 1. The van der Waals surface area contributed by atoms with Crippen LogP contribution >= 0.6 is 23.1 Å². The Labute approximate surface area is 159 Å². The van der Waals surface area contributed by atoms with Gasteiger partial charge in [0, 0.05) is 17.3 Å². The number of methoxy groups -OCH3 is 2. The first kappa shape index (κ1) is 16.9. The predicted octanol–water partition coefficient (Wildman–Crippen LogP) is 4.77. The number of fused-ring (bicyclic) bond motifs is 1. The van der Waals surface area contributed by atoms with Crippen LogP contribution in [0, 0.1) is 0 Å². The maximum Gasteiger partial charge on any atom is 0.172 e. The molecule has 0 saturated heterocycles. The van der Waals surface area contributed by atoms with Crippen LogP contribution in [0.25, 0.3) is 16.1 Å². The Morgan fingerprint density at radius 3 is 2.88 bits per heavy atom. The summed E-state index contributed by atoms with van der Waals surface area (Å²) < 4.78 is 13.0. The van der Waals surface area contributed by atoms with Gasteiger partial charge < -0.3 is 9.47 Å². The molecule has 4 rings (SSSR count). The summed E-state index contributed by atoms with van der Waals surface area (Å²) in [5, 5.41) is 3.97. The molecule has 4 aromatic rings. The van der Waals surface area contributed by atoms with E-state index in [0.29, 0.717) is 11.5 Å². The Balaban J connectivity index is 1.55. The number of thioether (sulfide) groups is 1. The summed E-state index contributed by atoms with van der Waals surface area (Å²) in [6, 6.07) is 11.9. The van der Waals surface area contributed by atoms with Crippen molar-refractivity contribution in [2.45, 2.75) is 10.9 Å². The van der Waals surface area contributed by atoms with E-state index >= 15 is 0 Å². The van der Waals surface area contributed by atoms with E-state index in [1.165, 1.54) is 0 Å². The minimum absolute atomic E-state index is 0.708. The highest BCUT2D eigenvalue weighted by Gasteiger charge is 2.15. The lowest BCUT2D eigenvalue weighted by molar-refractivity contribution is 0.356. The van der Waals surface area contributed by atoms with Gasteiger partial charge >= 0.3 is 0 Å². The van der Waals surface area contributed by atoms with Gasteiger partial charge in [0.2, 0.25) is 0 Å². The number of nitrogens with zero attached hydrogens (tertiary/aromatic N) is 3. The fraction of sp³-hybridized carbons (Fsp3) is 0.158. The monoisotopic (exact) mass is 383 g/mol. The van der Waals surface area contributed by atoms with E-state index in [4.69, 9.17) is 14.5 Å². The van der Waals surface area contributed by atoms with Crippen molar-refractivity contribution in [3.8, 4) is 22.1 Å². The van der Waals surface area contributed by atoms with Crippen molar-refractivity contribution in [2.24, 2.45) is 0 Å². The fourth-order valence-corrected chi connectivity index (χ4v) is 4.52. The smallest absolute Gasteiger partial charge is 0.172 e. The van der Waals surface area contributed by atoms with Gasteiger partial charge in [-0.1, -0.05) is 23.9 Å². The molecule has 0 amide bonds. The van der Waals surface area contributed by atoms with Crippen LogP contribution in [-0.4, -0.2) is 28.6 Å². The van der Waals surface area contributed by atoms with Crippen LogP contribution in [0.1, 0.15) is 5.69 Å². The van der Waals surface area contributed by atoms with Crippen molar-refractivity contribution in [1.29, 1.82) is 0 Å². The number of rotatable bonds is 6. The van der Waals surface area contributed by atoms with E-state index in [0.717, 1.165) is 32.7 Å². The Morgan fingerprint density at radius 1 is 1.12 bits per heavy atom. The van der Waals surface area contributed by atoms with Crippen LogP contribution in [0.2, 0.25) is 0 Å². The molecule has 0 spiro atoms. The number of aromatic nitrogens is 3. The molecule has 0 atom stereocenters. The second-order valence-corrected chi connectivity index (χ2v) is 7.31. The molecule has 1 aromatic carbocycles. The van der Waals surface area contributed by atoms with Crippen LogP contribution in [0.4, 0.5) is 0 Å². The number of imidazole rings is 1. The largest absolute Gasteiger partial charge is 0.493 e. The summed E-state index contributed by atoms with van der Waals surface area (Å²) >= 11 is 3.28. The maximum atomic E-state index is 5.52. The lowest BCUT2D eigenvalue weighted by Crippen LogP contribution is -1.93. The van der Waals surface area contributed by atoms with Gasteiger partial charge in [-0.2, -0.15) is 0 Å². The van der Waals surface area contributed by atoms with Crippen LogP contribution < -0.4 is 9.47 Å². The van der Waals surface area contributed by atoms with E-state index in [2.05, 4.69) is 14.8 Å². The molecule has 5 nitrogen and oxygen atoms in total. The quantitative estimate of drug-likeness (QED) is 0.449. The SMILES string of the molecule is COc1cccc(-c2nc(CSc3ncc4ccccn34)cs2)c1OC. The molecule has 26 heavy (non-hydrogen) atoms. The Morgan fingerprint density at radius 2 is 2.04 bits per heavy atom. The lowest BCUT2D eigenvalue weighted by Gasteiger charge is -2.10. The number of benzene rings is 1. The average Bonchev–Trinajstić information content (AvgIpc) is 3.32. The predicted molar refractivity (Wildman–Crippen MR) is 105 cm³/mol. The van der Waals surface area contributed by atoms with Gasteiger partial charge in [-0.25, -0.2) is 9.97 Å². The highest BCUT2D eigenvalue weighted by atomic mass is 32.2. The van der Waals surface area contributed by atoms with E-state index in [-0.39, 0.29) is 0 Å². The third-order valence-electron chi connectivity index (χ3n) is 3.94. The summed E-state index contributed by atoms with van der Waals surface area (Å²) in [5.74, 6) is 2.18. The molecule has 0 fully saturated rings. The number of hydrogen-bond acceptors (Lipinski definition) is 6. The van der Waals surface area contributed by atoms with Crippen molar-refractivity contribution in [1.82, 2.24) is 14.4 Å². The number of ether oxygens (including phenoxy) is 2. The molecular weight excluding hydrogens is 366 g/mol. The maximum absolute atomic E-state index is 5.52. The molecule has 0 bridgehead atoms. The molecule has 3 heterocycles. The third kappa shape index (κ3) is 3.15. The highest BCUT2D eigenvalue weighted by Crippen LogP contribution is 2.39. The number of thiazole rings is 1. The number of pyridine rings is 1. The minimum atomic E-state index is 0.708. The van der Waals surface area contributed by atoms with Crippen molar-refractivity contribution >= 4 is 28.6 Å². The molecule has 0 aliphatic heterocycles. The zero-order chi connectivity index (χ0) is 17.9. The Kier molecular flexibility index (Phi) is 4.81. The van der Waals surface area contributed by atoms with Gasteiger partial charge in [-0.05, 0) is 24.3 Å². The van der Waals surface area contributed by atoms with Crippen LogP contribution in [0.15, 0.2) is 59.3 Å². The van der Waals surface area contributed by atoms with Gasteiger partial charge in [0.05, 0.1) is 37.2 Å². The second kappa shape index (κ2) is 7.39. The molecule has 0 unspecified atom stereocenters. The molecule has 0 N–H and O–H groups in total. The van der Waals surface area contributed by atoms with Crippen molar-refractivity contribution in [2.75, 3.05) is 14.2 Å². The van der Waals surface area contributed by atoms with Gasteiger partial charge in [0.1, 0.15) is 5.01 Å². The zero-order valence-electron chi connectivity index (χ0n) is 14.4. The molecule has 0 radical (unpaired) electrons. The van der Waals surface area contributed by atoms with E-state index < -0.39 is 0 Å². The summed E-state index contributed by atoms with van der Waals surface area (Å²) in [6.45, 7) is 0. The van der Waals surface area contributed by atoms with E-state index in [1.807, 2.05) is 48.8 Å². The first-order chi connectivity index (χ1) is 12.8. The zero-order valence-corrected chi connectivity index (χ0v) is 16.0. The van der Waals surface area contributed by atoms with Crippen molar-refractivity contribution < 1.29 is 9.47 Å². The molecular formula is C19H17N3O2S2. The summed E-state index contributed by atoms with van der Waals surface area (Å²) in [6.07, 6.45) is 3.91. The normalized spacial score (nSPS) is 11.0. The summed E-state index contributed by atoms with van der Waals surface area (Å²) in [7, 11) is 3.29. The fourth-order valence-electron chi connectivity index (χ4n) is 2.72. The molecule has 0 aliphatic rings. The van der Waals surface area contributed by atoms with Crippen LogP contribution in [-0.2, 0) is 5.75 Å². The summed E-state index contributed by atoms with van der Waals surface area (Å²) in [4.78, 5) is 9.26. The van der Waals surface area contributed by atoms with Gasteiger partial charge in [-0.3, -0.25) is 4.40 Å². The Bertz CT molecular complexity index is 1040. The van der Waals surface area contributed by atoms with Gasteiger partial charge in [-0.15, -0.1) is 11.3 Å². The van der Waals surface area contributed by atoms with Crippen LogP contribution in [0.5, 0.6) is 11.5 Å². The Hall–Kier alpha value is -2.51. The van der Waals surface area contributed by atoms with Crippen molar-refractivity contribution in [3.63, 3.8) is 0 Å². The molecule has 7 heteroatoms. The average molecular weight is 383 g/mol. The van der Waals surface area contributed by atoms with E-state index in [9.17, 15) is 0 Å². The molecule has 0 saturated carbocycles. The standard InChI is InChI=1S/C19H17N3O2S2/c1-23-16-8-5-7-15(17(16)24-2)18-21-13(11-25-18)12-26-19-20-10-14-6-3-4-9-22(14)19/h3-11H,12H2,1-2H3. The molecule has 3 aromatic heterocycles. The molecule has 132 valence electrons. The summed E-state index contributed by atoms with van der Waals surface area (Å²) in [5.41, 5.74) is 3.06. The minimum Gasteiger partial charge on any atom is -0.493 e. The number of hydrogen-bond donors (Lipinski definition) is 0. The second-order valence-electron chi connectivity index (χ2n) is 5.51. The van der Waals surface area contributed by atoms with Crippen molar-refractivity contribution in [3.05, 3.63) is 59.9 Å². The third-order valence-corrected chi connectivity index (χ3v) is 5.86.